The molecule has 0 aliphatic carbocycles. The average molecular weight is 504 g/mol. The lowest BCUT2D eigenvalue weighted by Gasteiger charge is -2.18. The van der Waals surface area contributed by atoms with Gasteiger partial charge in [-0.25, -0.2) is 9.67 Å². The number of aromatic hydroxyl groups is 1. The summed E-state index contributed by atoms with van der Waals surface area (Å²) < 4.78 is 17.7. The summed E-state index contributed by atoms with van der Waals surface area (Å²) in [5.74, 6) is 0.825. The van der Waals surface area contributed by atoms with Gasteiger partial charge >= 0.3 is 0 Å². The highest BCUT2D eigenvalue weighted by molar-refractivity contribution is 7.07. The largest absolute Gasteiger partial charge is 0.502 e. The lowest BCUT2D eigenvalue weighted by atomic mass is 10.1. The number of nitrogens with zero attached hydrogens (tertiary/aromatic N) is 4. The fraction of sp³-hybridized carbons (Fsp3) is 0.120. The van der Waals surface area contributed by atoms with Crippen LogP contribution in [0.2, 0.25) is 0 Å². The van der Waals surface area contributed by atoms with Gasteiger partial charge in [0.05, 0.1) is 43.7 Å². The van der Waals surface area contributed by atoms with E-state index in [1.54, 1.807) is 35.4 Å². The van der Waals surface area contributed by atoms with Crippen LogP contribution in [0, 0.1) is 0 Å². The number of methoxy groups -OCH3 is 2. The lowest BCUT2D eigenvalue weighted by molar-refractivity contribution is -0.118. The molecule has 0 saturated carbocycles. The highest BCUT2D eigenvalue weighted by Crippen LogP contribution is 2.37. The summed E-state index contributed by atoms with van der Waals surface area (Å²) in [7, 11) is 2.93. The van der Waals surface area contributed by atoms with E-state index in [-0.39, 0.29) is 29.8 Å². The first-order chi connectivity index (χ1) is 17.6. The number of carbonyl (C=O) groups is 1. The molecular formula is C25H21N5O5S. The van der Waals surface area contributed by atoms with Gasteiger partial charge in [-0.2, -0.15) is 5.10 Å². The second-order valence-corrected chi connectivity index (χ2v) is 8.44. The number of aromatic nitrogens is 2. The van der Waals surface area contributed by atoms with Crippen molar-refractivity contribution in [3.05, 3.63) is 70.6 Å². The highest BCUT2D eigenvalue weighted by atomic mass is 32.1. The van der Waals surface area contributed by atoms with Crippen molar-refractivity contribution < 1.29 is 24.1 Å². The summed E-state index contributed by atoms with van der Waals surface area (Å²) in [5, 5.41) is 19.7. The van der Waals surface area contributed by atoms with E-state index in [1.807, 2.05) is 35.7 Å². The van der Waals surface area contributed by atoms with E-state index >= 15 is 0 Å². The zero-order chi connectivity index (χ0) is 25.1. The van der Waals surface area contributed by atoms with Gasteiger partial charge in [0.1, 0.15) is 5.75 Å². The molecule has 0 fully saturated rings. The number of fused-ring (bicyclic) bond motifs is 1. The number of ether oxygens (including phenoxy) is 3. The molecule has 0 radical (unpaired) electrons. The van der Waals surface area contributed by atoms with E-state index in [0.717, 1.165) is 11.3 Å². The first-order valence-corrected chi connectivity index (χ1v) is 11.7. The Morgan fingerprint density at radius 2 is 2.00 bits per heavy atom. The van der Waals surface area contributed by atoms with E-state index < -0.39 is 0 Å². The third-order valence-corrected chi connectivity index (χ3v) is 6.10. The number of thiazole rings is 1. The Morgan fingerprint density at radius 1 is 1.19 bits per heavy atom. The first kappa shape index (κ1) is 23.1. The minimum Gasteiger partial charge on any atom is -0.502 e. The Morgan fingerprint density at radius 3 is 2.72 bits per heavy atom. The Balaban J connectivity index is 1.63. The molecule has 2 aromatic carbocycles. The van der Waals surface area contributed by atoms with Crippen LogP contribution in [0.5, 0.6) is 23.0 Å². The van der Waals surface area contributed by atoms with Crippen LogP contribution in [0.4, 0.5) is 11.4 Å². The number of nitrogens with one attached hydrogen (secondary N) is 1. The summed E-state index contributed by atoms with van der Waals surface area (Å²) >= 11 is 1.40. The molecule has 1 aliphatic rings. The van der Waals surface area contributed by atoms with Crippen molar-refractivity contribution >= 4 is 34.8 Å². The van der Waals surface area contributed by atoms with E-state index in [4.69, 9.17) is 24.3 Å². The molecule has 2 N–H and O–H groups in total. The third-order valence-electron chi connectivity index (χ3n) is 5.29. The van der Waals surface area contributed by atoms with Crippen molar-refractivity contribution in [3.8, 4) is 34.3 Å². The fourth-order valence-corrected chi connectivity index (χ4v) is 4.43. The summed E-state index contributed by atoms with van der Waals surface area (Å²) in [6.07, 6.45) is 4.96. The molecule has 0 atom stereocenters. The minimum absolute atomic E-state index is 0.0111. The van der Waals surface area contributed by atoms with Gasteiger partial charge in [-0.15, -0.1) is 11.3 Å². The monoisotopic (exact) mass is 503 g/mol. The predicted octanol–water partition coefficient (Wildman–Crippen LogP) is 3.78. The van der Waals surface area contributed by atoms with Gasteiger partial charge in [-0.3, -0.25) is 9.78 Å². The van der Waals surface area contributed by atoms with Crippen molar-refractivity contribution in [2.45, 2.75) is 0 Å². The molecule has 0 saturated heterocycles. The van der Waals surface area contributed by atoms with Crippen LogP contribution < -0.4 is 24.3 Å². The standard InChI is InChI=1S/C25H21N5O5S/c1-33-21-8-15(9-22(34-2)24(21)32)11-27-30-19(14-36-25(30)28-17-4-3-7-26-12-17)16-5-6-20-18(10-16)29-23(31)13-35-20/h3-12,14,32H,13H2,1-2H3,(H,29,31). The fourth-order valence-electron chi connectivity index (χ4n) is 3.57. The zero-order valence-electron chi connectivity index (χ0n) is 19.3. The molecule has 0 unspecified atom stereocenters. The summed E-state index contributed by atoms with van der Waals surface area (Å²) in [5.41, 5.74) is 3.46. The maximum absolute atomic E-state index is 11.8. The van der Waals surface area contributed by atoms with Gasteiger partial charge in [-0.1, -0.05) is 0 Å². The molecule has 36 heavy (non-hydrogen) atoms. The molecule has 182 valence electrons. The maximum atomic E-state index is 11.8. The normalized spacial score (nSPS) is 13.3. The minimum atomic E-state index is -0.210. The van der Waals surface area contributed by atoms with Gasteiger partial charge in [-0.05, 0) is 42.5 Å². The molecule has 1 aliphatic heterocycles. The molecular weight excluding hydrogens is 482 g/mol. The number of phenols is 1. The number of benzene rings is 2. The summed E-state index contributed by atoms with van der Waals surface area (Å²) in [6, 6.07) is 12.5. The van der Waals surface area contributed by atoms with Gasteiger partial charge in [0.15, 0.2) is 18.1 Å². The maximum Gasteiger partial charge on any atom is 0.262 e. The van der Waals surface area contributed by atoms with Crippen LogP contribution in [0.15, 0.2) is 70.3 Å². The Kier molecular flexibility index (Phi) is 6.37. The van der Waals surface area contributed by atoms with Crippen LogP contribution in [-0.2, 0) is 4.79 Å². The molecule has 0 bridgehead atoms. The molecule has 3 heterocycles. The van der Waals surface area contributed by atoms with Crippen LogP contribution in [0.1, 0.15) is 5.56 Å². The van der Waals surface area contributed by atoms with Gasteiger partial charge in [0.25, 0.3) is 5.91 Å². The number of rotatable bonds is 6. The zero-order valence-corrected chi connectivity index (χ0v) is 20.2. The second-order valence-electron chi connectivity index (χ2n) is 7.60. The van der Waals surface area contributed by atoms with Crippen molar-refractivity contribution in [3.63, 3.8) is 0 Å². The predicted molar refractivity (Wildman–Crippen MR) is 136 cm³/mol. The molecule has 4 aromatic rings. The van der Waals surface area contributed by atoms with Crippen LogP contribution in [0.3, 0.4) is 0 Å². The van der Waals surface area contributed by atoms with Crippen molar-refractivity contribution in [1.29, 1.82) is 0 Å². The van der Waals surface area contributed by atoms with Gasteiger partial charge < -0.3 is 24.6 Å². The second kappa shape index (κ2) is 9.92. The highest BCUT2D eigenvalue weighted by Gasteiger charge is 2.18. The molecule has 10 nitrogen and oxygen atoms in total. The molecule has 1 amide bonds. The molecule has 0 spiro atoms. The third kappa shape index (κ3) is 4.64. The van der Waals surface area contributed by atoms with Crippen molar-refractivity contribution in [2.75, 3.05) is 26.1 Å². The number of amides is 1. The number of anilines is 1. The Bertz CT molecular complexity index is 1500. The number of hydrogen-bond acceptors (Lipinski definition) is 9. The number of carbonyl (C=O) groups excluding carboxylic acids is 1. The topological polar surface area (TPSA) is 120 Å². The van der Waals surface area contributed by atoms with E-state index in [1.165, 1.54) is 25.6 Å². The SMILES string of the molecule is COc1cc(C=Nn2c(-c3ccc4c(c3)NC(=O)CO4)csc2=Nc2cccnc2)cc(OC)c1O. The lowest BCUT2D eigenvalue weighted by Crippen LogP contribution is -2.25. The first-order valence-electron chi connectivity index (χ1n) is 10.8. The van der Waals surface area contributed by atoms with Crippen LogP contribution in [0.25, 0.3) is 11.3 Å². The van der Waals surface area contributed by atoms with Crippen LogP contribution >= 0.6 is 11.3 Å². The van der Waals surface area contributed by atoms with Crippen molar-refractivity contribution in [1.82, 2.24) is 9.66 Å². The Hall–Kier alpha value is -4.64. The van der Waals surface area contributed by atoms with E-state index in [2.05, 4.69) is 10.3 Å². The molecule has 2 aromatic heterocycles. The summed E-state index contributed by atoms with van der Waals surface area (Å²) in [6.45, 7) is -0.0111. The van der Waals surface area contributed by atoms with Crippen molar-refractivity contribution in [2.24, 2.45) is 10.1 Å². The summed E-state index contributed by atoms with van der Waals surface area (Å²) in [4.78, 5) is 21.2. The molecule has 5 rings (SSSR count). The van der Waals surface area contributed by atoms with Gasteiger partial charge in [0, 0.05) is 22.7 Å². The quantitative estimate of drug-likeness (QED) is 0.387. The number of hydrogen-bond donors (Lipinski definition) is 2. The number of phenolic OH excluding ortho intramolecular Hbond substituents is 1. The number of pyridine rings is 1. The smallest absolute Gasteiger partial charge is 0.262 e. The van der Waals surface area contributed by atoms with Crippen LogP contribution in [-0.4, -0.2) is 47.7 Å². The van der Waals surface area contributed by atoms with Gasteiger partial charge in [0.2, 0.25) is 10.6 Å². The van der Waals surface area contributed by atoms with E-state index in [9.17, 15) is 9.90 Å². The van der Waals surface area contributed by atoms with E-state index in [0.29, 0.717) is 27.5 Å². The average Bonchev–Trinajstić information content (AvgIpc) is 3.30. The Labute approximate surface area is 209 Å². The molecule has 11 heteroatoms.